The van der Waals surface area contributed by atoms with Crippen molar-refractivity contribution in [2.75, 3.05) is 4.90 Å². The van der Waals surface area contributed by atoms with E-state index < -0.39 is 0 Å². The smallest absolute Gasteiger partial charge is 0.0547 e. The molecule has 0 aliphatic carbocycles. The lowest BCUT2D eigenvalue weighted by Crippen LogP contribution is -2.10. The first-order chi connectivity index (χ1) is 22.8. The standard InChI is InChI=1S/C44H30N2/c1-3-10-31(11-4-1)33-22-26-37(27-23-33)45(38-28-24-34(25-29-38)32-12-5-2-6-13-32)39-16-9-17-40(30-39)46-41-18-7-14-35-20-21-36-15-8-19-42(46)44(36)43(35)41/h1-30H. The van der Waals surface area contributed by atoms with Crippen LogP contribution in [-0.2, 0) is 0 Å². The molecule has 2 nitrogen and oxygen atoms in total. The number of hydrogen-bond donors (Lipinski definition) is 0. The summed E-state index contributed by atoms with van der Waals surface area (Å²) in [5.41, 5.74) is 11.8. The predicted octanol–water partition coefficient (Wildman–Crippen LogP) is 12.2. The average Bonchev–Trinajstić information content (AvgIpc) is 3.48. The Morgan fingerprint density at radius 1 is 0.326 bits per heavy atom. The van der Waals surface area contributed by atoms with Gasteiger partial charge in [0.25, 0.3) is 0 Å². The molecule has 0 amide bonds. The molecule has 1 aromatic heterocycles. The van der Waals surface area contributed by atoms with Crippen LogP contribution in [0.2, 0.25) is 0 Å². The molecule has 46 heavy (non-hydrogen) atoms. The van der Waals surface area contributed by atoms with Crippen LogP contribution in [0.4, 0.5) is 17.1 Å². The summed E-state index contributed by atoms with van der Waals surface area (Å²) >= 11 is 0. The van der Waals surface area contributed by atoms with E-state index in [-0.39, 0.29) is 0 Å². The fourth-order valence-corrected chi connectivity index (χ4v) is 6.98. The highest BCUT2D eigenvalue weighted by atomic mass is 15.1. The zero-order chi connectivity index (χ0) is 30.5. The zero-order valence-electron chi connectivity index (χ0n) is 25.2. The topological polar surface area (TPSA) is 8.17 Å². The number of nitrogens with zero attached hydrogens (tertiary/aromatic N) is 2. The number of rotatable bonds is 6. The van der Waals surface area contributed by atoms with Crippen molar-refractivity contribution in [2.24, 2.45) is 0 Å². The Kier molecular flexibility index (Phi) is 6.17. The summed E-state index contributed by atoms with van der Waals surface area (Å²) in [7, 11) is 0. The Balaban J connectivity index is 1.20. The van der Waals surface area contributed by atoms with Crippen molar-refractivity contribution in [3.05, 3.63) is 182 Å². The van der Waals surface area contributed by atoms with E-state index in [1.807, 2.05) is 0 Å². The van der Waals surface area contributed by atoms with E-state index in [2.05, 4.69) is 191 Å². The molecule has 0 unspecified atom stereocenters. The SMILES string of the molecule is c1ccc(-c2ccc(N(c3ccc(-c4ccccc4)cc3)c3cccc(-n4c5cccc6ccc7cccc4c7c65)c3)cc2)cc1. The number of aromatic nitrogens is 1. The number of hydrogen-bond acceptors (Lipinski definition) is 1. The van der Waals surface area contributed by atoms with E-state index in [9.17, 15) is 0 Å². The van der Waals surface area contributed by atoms with Crippen LogP contribution in [0.25, 0.3) is 60.5 Å². The van der Waals surface area contributed by atoms with Crippen molar-refractivity contribution in [3.63, 3.8) is 0 Å². The molecule has 9 rings (SSSR count). The minimum Gasteiger partial charge on any atom is -0.310 e. The first-order valence-electron chi connectivity index (χ1n) is 15.8. The van der Waals surface area contributed by atoms with E-state index in [0.29, 0.717) is 0 Å². The van der Waals surface area contributed by atoms with Crippen LogP contribution < -0.4 is 4.90 Å². The lowest BCUT2D eigenvalue weighted by Gasteiger charge is -2.26. The summed E-state index contributed by atoms with van der Waals surface area (Å²) < 4.78 is 2.42. The van der Waals surface area contributed by atoms with Gasteiger partial charge in [-0.3, -0.25) is 0 Å². The first-order valence-corrected chi connectivity index (χ1v) is 15.8. The zero-order valence-corrected chi connectivity index (χ0v) is 25.2. The molecule has 0 spiro atoms. The summed E-state index contributed by atoms with van der Waals surface area (Å²) in [5, 5.41) is 5.20. The Morgan fingerprint density at radius 3 is 1.28 bits per heavy atom. The van der Waals surface area contributed by atoms with Crippen molar-refractivity contribution in [1.29, 1.82) is 0 Å². The predicted molar refractivity (Wildman–Crippen MR) is 195 cm³/mol. The fourth-order valence-electron chi connectivity index (χ4n) is 6.98. The molecule has 0 saturated carbocycles. The lowest BCUT2D eigenvalue weighted by atomic mass is 10.0. The van der Waals surface area contributed by atoms with Gasteiger partial charge in [0.15, 0.2) is 0 Å². The third kappa shape index (κ3) is 4.35. The van der Waals surface area contributed by atoms with Crippen LogP contribution in [0, 0.1) is 0 Å². The van der Waals surface area contributed by atoms with Crippen molar-refractivity contribution < 1.29 is 0 Å². The highest BCUT2D eigenvalue weighted by Crippen LogP contribution is 2.41. The molecule has 0 bridgehead atoms. The largest absolute Gasteiger partial charge is 0.310 e. The second-order valence-electron chi connectivity index (χ2n) is 11.8. The maximum atomic E-state index is 2.42. The van der Waals surface area contributed by atoms with Crippen LogP contribution in [0.1, 0.15) is 0 Å². The third-order valence-electron chi connectivity index (χ3n) is 9.14. The third-order valence-corrected chi connectivity index (χ3v) is 9.14. The summed E-state index contributed by atoms with van der Waals surface area (Å²) in [6, 6.07) is 65.6. The van der Waals surface area contributed by atoms with Crippen molar-refractivity contribution >= 4 is 49.6 Å². The Labute approximate surface area is 268 Å². The molecule has 0 aliphatic heterocycles. The van der Waals surface area contributed by atoms with Crippen LogP contribution in [-0.4, -0.2) is 4.57 Å². The molecule has 0 aliphatic rings. The Morgan fingerprint density at radius 2 is 0.783 bits per heavy atom. The highest BCUT2D eigenvalue weighted by Gasteiger charge is 2.18. The van der Waals surface area contributed by atoms with Gasteiger partial charge >= 0.3 is 0 Å². The van der Waals surface area contributed by atoms with Gasteiger partial charge < -0.3 is 9.47 Å². The molecule has 8 aromatic carbocycles. The molecule has 2 heteroatoms. The van der Waals surface area contributed by atoms with Gasteiger partial charge in [-0.1, -0.05) is 127 Å². The van der Waals surface area contributed by atoms with E-state index >= 15 is 0 Å². The summed E-state index contributed by atoms with van der Waals surface area (Å²) in [6.45, 7) is 0. The minimum absolute atomic E-state index is 1.10. The van der Waals surface area contributed by atoms with E-state index in [1.54, 1.807) is 0 Å². The molecule has 0 atom stereocenters. The van der Waals surface area contributed by atoms with Crippen LogP contribution in [0.5, 0.6) is 0 Å². The van der Waals surface area contributed by atoms with E-state index in [4.69, 9.17) is 0 Å². The molecule has 0 fully saturated rings. The van der Waals surface area contributed by atoms with E-state index in [1.165, 1.54) is 54.8 Å². The maximum absolute atomic E-state index is 2.42. The molecular formula is C44H30N2. The van der Waals surface area contributed by atoms with Gasteiger partial charge in [0.1, 0.15) is 0 Å². The fraction of sp³-hybridized carbons (Fsp3) is 0. The minimum atomic E-state index is 1.10. The molecular weight excluding hydrogens is 556 g/mol. The van der Waals surface area contributed by atoms with Gasteiger partial charge in [-0.25, -0.2) is 0 Å². The van der Waals surface area contributed by atoms with Gasteiger partial charge in [-0.05, 0) is 87.6 Å². The molecule has 0 radical (unpaired) electrons. The van der Waals surface area contributed by atoms with Gasteiger partial charge in [0, 0.05) is 33.5 Å². The van der Waals surface area contributed by atoms with Crippen LogP contribution >= 0.6 is 0 Å². The van der Waals surface area contributed by atoms with Gasteiger partial charge in [0.2, 0.25) is 0 Å². The Bertz CT molecular complexity index is 2290. The van der Waals surface area contributed by atoms with E-state index in [0.717, 1.165) is 22.7 Å². The number of anilines is 3. The maximum Gasteiger partial charge on any atom is 0.0547 e. The summed E-state index contributed by atoms with van der Waals surface area (Å²) in [4.78, 5) is 2.36. The van der Waals surface area contributed by atoms with Gasteiger partial charge in [0.05, 0.1) is 11.0 Å². The summed E-state index contributed by atoms with van der Waals surface area (Å²) in [5.74, 6) is 0. The van der Waals surface area contributed by atoms with Gasteiger partial charge in [-0.2, -0.15) is 0 Å². The average molecular weight is 587 g/mol. The molecule has 216 valence electrons. The second-order valence-corrected chi connectivity index (χ2v) is 11.8. The molecule has 0 saturated heterocycles. The first kappa shape index (κ1) is 26.3. The normalized spacial score (nSPS) is 11.5. The van der Waals surface area contributed by atoms with Crippen molar-refractivity contribution in [2.45, 2.75) is 0 Å². The Hall–Kier alpha value is -6.12. The molecule has 0 N–H and O–H groups in total. The lowest BCUT2D eigenvalue weighted by molar-refractivity contribution is 1.17. The molecule has 9 aromatic rings. The number of benzene rings is 8. The monoisotopic (exact) mass is 586 g/mol. The van der Waals surface area contributed by atoms with Crippen molar-refractivity contribution in [1.82, 2.24) is 4.57 Å². The molecule has 1 heterocycles. The van der Waals surface area contributed by atoms with Crippen LogP contribution in [0.3, 0.4) is 0 Å². The van der Waals surface area contributed by atoms with Gasteiger partial charge in [-0.15, -0.1) is 0 Å². The quantitative estimate of drug-likeness (QED) is 0.176. The van der Waals surface area contributed by atoms with Crippen LogP contribution in [0.15, 0.2) is 182 Å². The summed E-state index contributed by atoms with van der Waals surface area (Å²) in [6.07, 6.45) is 0. The second kappa shape index (κ2) is 10.8. The van der Waals surface area contributed by atoms with Crippen molar-refractivity contribution in [3.8, 4) is 27.9 Å². The highest BCUT2D eigenvalue weighted by molar-refractivity contribution is 6.24.